The van der Waals surface area contributed by atoms with Crippen LogP contribution in [0.15, 0.2) is 53.9 Å². The number of carbonyl (C=O) groups excluding carboxylic acids is 1. The highest BCUT2D eigenvalue weighted by molar-refractivity contribution is 7.14. The van der Waals surface area contributed by atoms with E-state index in [9.17, 15) is 4.79 Å². The fraction of sp³-hybridized carbons (Fsp3) is 0.158. The number of amides is 1. The molecule has 0 radical (unpaired) electrons. The number of hydrogen-bond acceptors (Lipinski definition) is 4. The highest BCUT2D eigenvalue weighted by Gasteiger charge is 2.17. The quantitative estimate of drug-likeness (QED) is 0.671. The van der Waals surface area contributed by atoms with Gasteiger partial charge in [0.1, 0.15) is 5.75 Å². The van der Waals surface area contributed by atoms with Crippen LogP contribution in [0.25, 0.3) is 11.3 Å². The molecule has 1 atom stereocenters. The number of aromatic nitrogens is 1. The molecule has 3 aromatic rings. The number of halogens is 1. The molecular formula is C19H17ClN2O2S. The third-order valence-corrected chi connectivity index (χ3v) is 4.61. The van der Waals surface area contributed by atoms with E-state index in [0.717, 1.165) is 16.8 Å². The lowest BCUT2D eigenvalue weighted by Crippen LogP contribution is -2.30. The first-order valence-electron chi connectivity index (χ1n) is 7.77. The Morgan fingerprint density at radius 1 is 1.24 bits per heavy atom. The fourth-order valence-electron chi connectivity index (χ4n) is 2.27. The van der Waals surface area contributed by atoms with Gasteiger partial charge in [-0.1, -0.05) is 41.9 Å². The summed E-state index contributed by atoms with van der Waals surface area (Å²) in [5, 5.41) is 5.90. The normalized spacial score (nSPS) is 11.8. The second kappa shape index (κ2) is 7.68. The van der Waals surface area contributed by atoms with E-state index in [1.807, 2.05) is 42.6 Å². The van der Waals surface area contributed by atoms with Crippen LogP contribution in [-0.2, 0) is 4.79 Å². The van der Waals surface area contributed by atoms with Crippen molar-refractivity contribution in [1.82, 2.24) is 4.98 Å². The van der Waals surface area contributed by atoms with Crippen molar-refractivity contribution in [2.45, 2.75) is 20.0 Å². The first-order valence-corrected chi connectivity index (χ1v) is 9.03. The number of hydrogen-bond donors (Lipinski definition) is 1. The number of benzene rings is 2. The summed E-state index contributed by atoms with van der Waals surface area (Å²) in [6, 6.07) is 15.1. The Labute approximate surface area is 155 Å². The third kappa shape index (κ3) is 4.38. The number of nitrogens with one attached hydrogen (secondary N) is 1. The summed E-state index contributed by atoms with van der Waals surface area (Å²) >= 11 is 7.32. The summed E-state index contributed by atoms with van der Waals surface area (Å²) in [5.41, 5.74) is 2.73. The van der Waals surface area contributed by atoms with Crippen molar-refractivity contribution in [3.05, 3.63) is 64.5 Å². The number of thiazole rings is 1. The predicted octanol–water partition coefficient (Wildman–Crippen LogP) is 5.18. The highest BCUT2D eigenvalue weighted by atomic mass is 35.5. The molecule has 1 N–H and O–H groups in total. The molecule has 0 aliphatic rings. The van der Waals surface area contributed by atoms with Crippen LogP contribution in [0.3, 0.4) is 0 Å². The molecular weight excluding hydrogens is 356 g/mol. The van der Waals surface area contributed by atoms with Crippen molar-refractivity contribution >= 4 is 34.0 Å². The molecule has 2 aromatic carbocycles. The lowest BCUT2D eigenvalue weighted by atomic mass is 10.2. The minimum Gasteiger partial charge on any atom is -0.481 e. The molecule has 0 saturated carbocycles. The molecule has 0 aliphatic carbocycles. The van der Waals surface area contributed by atoms with Gasteiger partial charge in [0.05, 0.1) is 5.69 Å². The maximum Gasteiger partial charge on any atom is 0.266 e. The van der Waals surface area contributed by atoms with Crippen molar-refractivity contribution < 1.29 is 9.53 Å². The maximum absolute atomic E-state index is 12.3. The Hall–Kier alpha value is -2.37. The van der Waals surface area contributed by atoms with Gasteiger partial charge in [-0.05, 0) is 37.6 Å². The van der Waals surface area contributed by atoms with Gasteiger partial charge in [-0.15, -0.1) is 11.3 Å². The van der Waals surface area contributed by atoms with Gasteiger partial charge in [0.15, 0.2) is 11.2 Å². The topological polar surface area (TPSA) is 51.2 Å². The number of anilines is 1. The van der Waals surface area contributed by atoms with E-state index in [4.69, 9.17) is 16.3 Å². The van der Waals surface area contributed by atoms with Gasteiger partial charge in [-0.2, -0.15) is 0 Å². The lowest BCUT2D eigenvalue weighted by Gasteiger charge is -2.15. The molecule has 25 heavy (non-hydrogen) atoms. The number of aryl methyl sites for hydroxylation is 1. The van der Waals surface area contributed by atoms with Crippen LogP contribution in [0.5, 0.6) is 5.75 Å². The first-order chi connectivity index (χ1) is 12.0. The van der Waals surface area contributed by atoms with Crippen LogP contribution in [0.4, 0.5) is 5.13 Å². The SMILES string of the molecule is Cc1cc(Cl)ccc1OC(C)C(=O)Nc1nc(-c2ccccc2)cs1. The third-order valence-electron chi connectivity index (χ3n) is 3.61. The number of rotatable bonds is 5. The summed E-state index contributed by atoms with van der Waals surface area (Å²) in [6.07, 6.45) is -0.649. The zero-order valence-corrected chi connectivity index (χ0v) is 15.4. The Balaban J connectivity index is 1.65. The molecule has 4 nitrogen and oxygen atoms in total. The molecule has 1 heterocycles. The van der Waals surface area contributed by atoms with E-state index >= 15 is 0 Å². The van der Waals surface area contributed by atoms with E-state index < -0.39 is 6.10 Å². The molecule has 3 rings (SSSR count). The maximum atomic E-state index is 12.3. The number of nitrogens with zero attached hydrogens (tertiary/aromatic N) is 1. The zero-order chi connectivity index (χ0) is 17.8. The Morgan fingerprint density at radius 2 is 2.00 bits per heavy atom. The van der Waals surface area contributed by atoms with E-state index in [1.165, 1.54) is 11.3 Å². The number of ether oxygens (including phenoxy) is 1. The molecule has 128 valence electrons. The van der Waals surface area contributed by atoms with E-state index in [2.05, 4.69) is 10.3 Å². The van der Waals surface area contributed by atoms with Crippen molar-refractivity contribution in [2.24, 2.45) is 0 Å². The molecule has 6 heteroatoms. The van der Waals surface area contributed by atoms with Gasteiger partial charge in [-0.25, -0.2) is 4.98 Å². The Kier molecular flexibility index (Phi) is 5.36. The van der Waals surface area contributed by atoms with Crippen molar-refractivity contribution in [1.29, 1.82) is 0 Å². The molecule has 0 bridgehead atoms. The van der Waals surface area contributed by atoms with Crippen LogP contribution >= 0.6 is 22.9 Å². The van der Waals surface area contributed by atoms with Crippen molar-refractivity contribution in [3.63, 3.8) is 0 Å². The Bertz CT molecular complexity index is 880. The molecule has 0 fully saturated rings. The molecule has 0 saturated heterocycles. The van der Waals surface area contributed by atoms with Crippen molar-refractivity contribution in [3.8, 4) is 17.0 Å². The molecule has 1 unspecified atom stereocenters. The van der Waals surface area contributed by atoms with Crippen LogP contribution in [0.1, 0.15) is 12.5 Å². The zero-order valence-electron chi connectivity index (χ0n) is 13.8. The summed E-state index contributed by atoms with van der Waals surface area (Å²) in [7, 11) is 0. The minimum absolute atomic E-state index is 0.247. The van der Waals surface area contributed by atoms with E-state index in [1.54, 1.807) is 25.1 Å². The standard InChI is InChI=1S/C19H17ClN2O2S/c1-12-10-15(20)8-9-17(12)24-13(2)18(23)22-19-21-16(11-25-19)14-6-4-3-5-7-14/h3-11,13H,1-2H3,(H,21,22,23). The van der Waals surface area contributed by atoms with Crippen LogP contribution < -0.4 is 10.1 Å². The average Bonchev–Trinajstić information content (AvgIpc) is 3.06. The van der Waals surface area contributed by atoms with Gasteiger partial charge in [0.2, 0.25) is 0 Å². The van der Waals surface area contributed by atoms with Gasteiger partial charge in [-0.3, -0.25) is 10.1 Å². The average molecular weight is 373 g/mol. The predicted molar refractivity (Wildman–Crippen MR) is 102 cm³/mol. The van der Waals surface area contributed by atoms with Gasteiger partial charge >= 0.3 is 0 Å². The second-order valence-electron chi connectivity index (χ2n) is 5.56. The van der Waals surface area contributed by atoms with Crippen LogP contribution in [-0.4, -0.2) is 17.0 Å². The largest absolute Gasteiger partial charge is 0.481 e. The monoisotopic (exact) mass is 372 g/mol. The highest BCUT2D eigenvalue weighted by Crippen LogP contribution is 2.26. The van der Waals surface area contributed by atoms with Crippen molar-refractivity contribution in [2.75, 3.05) is 5.32 Å². The first kappa shape index (κ1) is 17.5. The van der Waals surface area contributed by atoms with Gasteiger partial charge in [0, 0.05) is 16.0 Å². The summed E-state index contributed by atoms with van der Waals surface area (Å²) < 4.78 is 5.73. The van der Waals surface area contributed by atoms with E-state index in [0.29, 0.717) is 15.9 Å². The molecule has 0 aliphatic heterocycles. The van der Waals surface area contributed by atoms with Crippen LogP contribution in [0.2, 0.25) is 5.02 Å². The number of carbonyl (C=O) groups is 1. The Morgan fingerprint density at radius 3 is 2.72 bits per heavy atom. The molecule has 1 aromatic heterocycles. The summed E-state index contributed by atoms with van der Waals surface area (Å²) in [4.78, 5) is 16.8. The van der Waals surface area contributed by atoms with E-state index in [-0.39, 0.29) is 5.91 Å². The minimum atomic E-state index is -0.649. The fourth-order valence-corrected chi connectivity index (χ4v) is 3.22. The molecule has 1 amide bonds. The smallest absolute Gasteiger partial charge is 0.266 e. The van der Waals surface area contributed by atoms with Gasteiger partial charge < -0.3 is 4.74 Å². The van der Waals surface area contributed by atoms with Crippen LogP contribution in [0, 0.1) is 6.92 Å². The second-order valence-corrected chi connectivity index (χ2v) is 6.86. The summed E-state index contributed by atoms with van der Waals surface area (Å²) in [6.45, 7) is 3.59. The lowest BCUT2D eigenvalue weighted by molar-refractivity contribution is -0.122. The van der Waals surface area contributed by atoms with Gasteiger partial charge in [0.25, 0.3) is 5.91 Å². The molecule has 0 spiro atoms. The summed E-state index contributed by atoms with van der Waals surface area (Å²) in [5.74, 6) is 0.388.